The molecule has 2 aromatic carbocycles. The van der Waals surface area contributed by atoms with Crippen LogP contribution in [0.2, 0.25) is 0 Å². The molecule has 0 saturated carbocycles. The highest BCUT2D eigenvalue weighted by Gasteiger charge is 2.37. The molecule has 0 N–H and O–H groups in total. The third-order valence-corrected chi connectivity index (χ3v) is 5.42. The molecule has 1 heterocycles. The molecular formula is C25H27F2NO3. The third kappa shape index (κ3) is 5.19. The first-order chi connectivity index (χ1) is 14.7. The van der Waals surface area contributed by atoms with Gasteiger partial charge in [0, 0.05) is 24.1 Å². The van der Waals surface area contributed by atoms with Gasteiger partial charge in [-0.25, -0.2) is 13.6 Å². The van der Waals surface area contributed by atoms with Gasteiger partial charge in [0.25, 0.3) is 0 Å². The van der Waals surface area contributed by atoms with Crippen LogP contribution in [0.15, 0.2) is 53.7 Å². The predicted octanol–water partition coefficient (Wildman–Crippen LogP) is 5.26. The number of amides is 1. The minimum atomic E-state index is -0.713. The van der Waals surface area contributed by atoms with Gasteiger partial charge in [0.15, 0.2) is 0 Å². The Bertz CT molecular complexity index is 1010. The molecule has 1 amide bonds. The van der Waals surface area contributed by atoms with Gasteiger partial charge < -0.3 is 9.64 Å². The van der Waals surface area contributed by atoms with E-state index in [1.807, 2.05) is 45.0 Å². The van der Waals surface area contributed by atoms with E-state index >= 15 is 0 Å². The number of rotatable bonds is 6. The summed E-state index contributed by atoms with van der Waals surface area (Å²) < 4.78 is 32.8. The molecule has 1 unspecified atom stereocenters. The topological polar surface area (TPSA) is 46.6 Å². The van der Waals surface area contributed by atoms with Crippen LogP contribution in [0.3, 0.4) is 0 Å². The van der Waals surface area contributed by atoms with Gasteiger partial charge in [-0.05, 0) is 48.6 Å². The van der Waals surface area contributed by atoms with Crippen LogP contribution in [-0.4, -0.2) is 23.4 Å². The molecular weight excluding hydrogens is 400 g/mol. The lowest BCUT2D eigenvalue weighted by Crippen LogP contribution is -2.38. The average Bonchev–Trinajstić information content (AvgIpc) is 2.68. The summed E-state index contributed by atoms with van der Waals surface area (Å²) >= 11 is 0. The molecule has 0 bridgehead atoms. The largest absolute Gasteiger partial charge is 0.462 e. The summed E-state index contributed by atoms with van der Waals surface area (Å²) in [4.78, 5) is 27.6. The monoisotopic (exact) mass is 427 g/mol. The number of ether oxygens (including phenoxy) is 1. The van der Waals surface area contributed by atoms with Crippen molar-refractivity contribution < 1.29 is 23.1 Å². The highest BCUT2D eigenvalue weighted by Crippen LogP contribution is 2.39. The summed E-state index contributed by atoms with van der Waals surface area (Å²) in [6.45, 7) is 7.75. The molecule has 3 rings (SSSR count). The molecule has 4 nitrogen and oxygen atoms in total. The molecule has 1 aliphatic rings. The van der Waals surface area contributed by atoms with Crippen LogP contribution in [0, 0.1) is 24.5 Å². The number of halogens is 2. The van der Waals surface area contributed by atoms with Crippen molar-refractivity contribution in [3.05, 3.63) is 82.1 Å². The van der Waals surface area contributed by atoms with Crippen molar-refractivity contribution in [3.8, 4) is 0 Å². The Labute approximate surface area is 181 Å². The molecule has 0 aliphatic carbocycles. The van der Waals surface area contributed by atoms with E-state index in [2.05, 4.69) is 0 Å². The smallest absolute Gasteiger partial charge is 0.336 e. The van der Waals surface area contributed by atoms with E-state index in [4.69, 9.17) is 4.74 Å². The van der Waals surface area contributed by atoms with Crippen molar-refractivity contribution >= 4 is 11.9 Å². The number of carbonyl (C=O) groups is 2. The Morgan fingerprint density at radius 1 is 1.13 bits per heavy atom. The van der Waals surface area contributed by atoms with E-state index in [0.717, 1.165) is 17.2 Å². The van der Waals surface area contributed by atoms with E-state index in [-0.39, 0.29) is 31.4 Å². The highest BCUT2D eigenvalue weighted by molar-refractivity contribution is 5.96. The molecule has 31 heavy (non-hydrogen) atoms. The van der Waals surface area contributed by atoms with Crippen molar-refractivity contribution in [2.45, 2.75) is 46.6 Å². The van der Waals surface area contributed by atoms with Gasteiger partial charge in [0.2, 0.25) is 5.91 Å². The zero-order valence-electron chi connectivity index (χ0n) is 18.2. The van der Waals surface area contributed by atoms with Gasteiger partial charge in [0.1, 0.15) is 11.6 Å². The second kappa shape index (κ2) is 9.41. The van der Waals surface area contributed by atoms with Gasteiger partial charge in [-0.15, -0.1) is 0 Å². The standard InChI is InChI=1S/C25H27F2NO3/c1-15(2)14-31-25(30)24-17(4)28(13-18-9-19(26)11-20(27)10-18)23(29)12-22(24)21-8-6-5-7-16(21)3/h5-11,15,22H,12-14H2,1-4H3. The van der Waals surface area contributed by atoms with E-state index in [9.17, 15) is 18.4 Å². The van der Waals surface area contributed by atoms with Crippen molar-refractivity contribution in [1.82, 2.24) is 4.90 Å². The second-order valence-electron chi connectivity index (χ2n) is 8.36. The molecule has 0 aromatic heterocycles. The van der Waals surface area contributed by atoms with E-state index in [1.54, 1.807) is 6.92 Å². The second-order valence-corrected chi connectivity index (χ2v) is 8.36. The first kappa shape index (κ1) is 22.7. The number of carbonyl (C=O) groups excluding carboxylic acids is 2. The number of allylic oxidation sites excluding steroid dienone is 1. The van der Waals surface area contributed by atoms with Crippen LogP contribution >= 0.6 is 0 Å². The zero-order valence-corrected chi connectivity index (χ0v) is 18.2. The minimum Gasteiger partial charge on any atom is -0.462 e. The summed E-state index contributed by atoms with van der Waals surface area (Å²) in [7, 11) is 0. The maximum atomic E-state index is 13.7. The average molecular weight is 427 g/mol. The summed E-state index contributed by atoms with van der Waals surface area (Å²) in [5.74, 6) is -2.38. The molecule has 6 heteroatoms. The molecule has 0 radical (unpaired) electrons. The summed E-state index contributed by atoms with van der Waals surface area (Å²) in [5.41, 5.74) is 3.04. The summed E-state index contributed by atoms with van der Waals surface area (Å²) in [6, 6.07) is 10.8. The number of aryl methyl sites for hydroxylation is 1. The number of hydrogen-bond acceptors (Lipinski definition) is 3. The Hall–Kier alpha value is -3.02. The van der Waals surface area contributed by atoms with Crippen LogP contribution in [0.25, 0.3) is 0 Å². The van der Waals surface area contributed by atoms with Gasteiger partial charge >= 0.3 is 5.97 Å². The SMILES string of the molecule is CC1=C(C(=O)OCC(C)C)C(c2ccccc2C)CC(=O)N1Cc1cc(F)cc(F)c1. The molecule has 0 spiro atoms. The fourth-order valence-electron chi connectivity index (χ4n) is 3.92. The lowest BCUT2D eigenvalue weighted by atomic mass is 9.81. The van der Waals surface area contributed by atoms with E-state index < -0.39 is 23.5 Å². The van der Waals surface area contributed by atoms with Crippen molar-refractivity contribution in [1.29, 1.82) is 0 Å². The number of esters is 1. The number of nitrogens with zero attached hydrogens (tertiary/aromatic N) is 1. The van der Waals surface area contributed by atoms with E-state index in [0.29, 0.717) is 16.8 Å². The molecule has 1 aliphatic heterocycles. The van der Waals surface area contributed by atoms with E-state index in [1.165, 1.54) is 17.0 Å². The molecule has 164 valence electrons. The van der Waals surface area contributed by atoms with Crippen molar-refractivity contribution in [2.75, 3.05) is 6.61 Å². The van der Waals surface area contributed by atoms with Crippen molar-refractivity contribution in [2.24, 2.45) is 5.92 Å². The fourth-order valence-corrected chi connectivity index (χ4v) is 3.92. The minimum absolute atomic E-state index is 0.0270. The molecule has 0 saturated heterocycles. The normalized spacial score (nSPS) is 16.8. The van der Waals surface area contributed by atoms with Gasteiger partial charge in [-0.3, -0.25) is 4.79 Å². The Morgan fingerprint density at radius 3 is 2.39 bits per heavy atom. The number of hydrogen-bond donors (Lipinski definition) is 0. The predicted molar refractivity (Wildman–Crippen MR) is 114 cm³/mol. The molecule has 1 atom stereocenters. The first-order valence-electron chi connectivity index (χ1n) is 10.4. The Balaban J connectivity index is 2.04. The Kier molecular flexibility index (Phi) is 6.88. The summed E-state index contributed by atoms with van der Waals surface area (Å²) in [5, 5.41) is 0. The highest BCUT2D eigenvalue weighted by atomic mass is 19.1. The maximum Gasteiger partial charge on any atom is 0.336 e. The van der Waals surface area contributed by atoms with Crippen LogP contribution < -0.4 is 0 Å². The van der Waals surface area contributed by atoms with Gasteiger partial charge in [-0.2, -0.15) is 0 Å². The number of benzene rings is 2. The first-order valence-corrected chi connectivity index (χ1v) is 10.4. The quantitative estimate of drug-likeness (QED) is 0.591. The fraction of sp³-hybridized carbons (Fsp3) is 0.360. The van der Waals surface area contributed by atoms with Gasteiger partial charge in [-0.1, -0.05) is 38.1 Å². The molecule has 0 fully saturated rings. The zero-order chi connectivity index (χ0) is 22.7. The molecule has 2 aromatic rings. The summed E-state index contributed by atoms with van der Waals surface area (Å²) in [6.07, 6.45) is 0.0755. The van der Waals surface area contributed by atoms with Crippen LogP contribution in [0.5, 0.6) is 0 Å². The van der Waals surface area contributed by atoms with Gasteiger partial charge in [0.05, 0.1) is 18.7 Å². The Morgan fingerprint density at radius 2 is 1.77 bits per heavy atom. The van der Waals surface area contributed by atoms with Crippen LogP contribution in [-0.2, 0) is 20.9 Å². The van der Waals surface area contributed by atoms with Crippen molar-refractivity contribution in [3.63, 3.8) is 0 Å². The lowest BCUT2D eigenvalue weighted by Gasteiger charge is -2.35. The lowest BCUT2D eigenvalue weighted by molar-refractivity contribution is -0.141. The van der Waals surface area contributed by atoms with Crippen LogP contribution in [0.1, 0.15) is 49.8 Å². The maximum absolute atomic E-state index is 13.7. The van der Waals surface area contributed by atoms with Crippen LogP contribution in [0.4, 0.5) is 8.78 Å². The third-order valence-electron chi connectivity index (χ3n) is 5.42.